The molecule has 1 aliphatic rings. The first-order valence-electron chi connectivity index (χ1n) is 8.69. The van der Waals surface area contributed by atoms with E-state index >= 15 is 0 Å². The Kier molecular flexibility index (Phi) is 5.58. The summed E-state index contributed by atoms with van der Waals surface area (Å²) in [4.78, 5) is 16.9. The zero-order chi connectivity index (χ0) is 18.6. The highest BCUT2D eigenvalue weighted by molar-refractivity contribution is 7.92. The first-order chi connectivity index (χ1) is 12.5. The Bertz CT molecular complexity index is 861. The first kappa shape index (κ1) is 18.4. The molecule has 0 radical (unpaired) electrons. The fraction of sp³-hybridized carbons (Fsp3) is 0.316. The van der Waals surface area contributed by atoms with E-state index in [1.54, 1.807) is 41.3 Å². The number of piperazine rings is 1. The lowest BCUT2D eigenvalue weighted by atomic mass is 10.2. The number of carbonyl (C=O) groups excluding carboxylic acids is 1. The zero-order valence-electron chi connectivity index (χ0n) is 14.8. The van der Waals surface area contributed by atoms with Gasteiger partial charge in [-0.1, -0.05) is 31.2 Å². The predicted octanol–water partition coefficient (Wildman–Crippen LogP) is 2.27. The zero-order valence-corrected chi connectivity index (χ0v) is 15.6. The number of likely N-dealkylation sites (N-methyl/N-ethyl adjacent to an activating group) is 1. The van der Waals surface area contributed by atoms with Crippen LogP contribution in [0.3, 0.4) is 0 Å². The maximum absolute atomic E-state index is 12.7. The lowest BCUT2D eigenvalue weighted by Crippen LogP contribution is -2.48. The van der Waals surface area contributed by atoms with Crippen LogP contribution in [0.5, 0.6) is 0 Å². The van der Waals surface area contributed by atoms with Crippen molar-refractivity contribution in [2.75, 3.05) is 37.4 Å². The third kappa shape index (κ3) is 4.23. The fourth-order valence-electron chi connectivity index (χ4n) is 2.97. The lowest BCUT2D eigenvalue weighted by molar-refractivity contribution is 0.0643. The quantitative estimate of drug-likeness (QED) is 0.873. The largest absolute Gasteiger partial charge is 0.336 e. The molecule has 0 aromatic heterocycles. The summed E-state index contributed by atoms with van der Waals surface area (Å²) in [5.41, 5.74) is 0.880. The van der Waals surface area contributed by atoms with Crippen LogP contribution in [0.15, 0.2) is 59.5 Å². The first-order valence-corrected chi connectivity index (χ1v) is 10.2. The second-order valence-electron chi connectivity index (χ2n) is 6.23. The molecule has 1 N–H and O–H groups in total. The van der Waals surface area contributed by atoms with Crippen molar-refractivity contribution in [3.8, 4) is 0 Å². The number of hydrogen-bond donors (Lipinski definition) is 1. The number of rotatable bonds is 5. The minimum Gasteiger partial charge on any atom is -0.336 e. The topological polar surface area (TPSA) is 69.7 Å². The fourth-order valence-corrected chi connectivity index (χ4v) is 4.07. The van der Waals surface area contributed by atoms with Gasteiger partial charge in [-0.15, -0.1) is 0 Å². The minimum absolute atomic E-state index is 0.0828. The summed E-state index contributed by atoms with van der Waals surface area (Å²) >= 11 is 0. The van der Waals surface area contributed by atoms with Crippen molar-refractivity contribution >= 4 is 21.6 Å². The molecule has 0 spiro atoms. The van der Waals surface area contributed by atoms with Crippen molar-refractivity contribution < 1.29 is 13.2 Å². The number of sulfonamides is 1. The van der Waals surface area contributed by atoms with E-state index < -0.39 is 10.0 Å². The molecule has 26 heavy (non-hydrogen) atoms. The van der Waals surface area contributed by atoms with Gasteiger partial charge in [0, 0.05) is 37.4 Å². The van der Waals surface area contributed by atoms with Crippen molar-refractivity contribution in [1.29, 1.82) is 0 Å². The van der Waals surface area contributed by atoms with Crippen LogP contribution < -0.4 is 4.72 Å². The van der Waals surface area contributed by atoms with Crippen LogP contribution in [-0.2, 0) is 10.0 Å². The standard InChI is InChI=1S/C19H23N3O3S/c1-2-21-11-13-22(14-12-21)19(23)16-7-6-10-18(15-16)26(24,25)20-17-8-4-3-5-9-17/h3-10,15,20H,2,11-14H2,1H3. The third-order valence-electron chi connectivity index (χ3n) is 4.52. The van der Waals surface area contributed by atoms with Gasteiger partial charge in [-0.25, -0.2) is 8.42 Å². The number of hydrogen-bond acceptors (Lipinski definition) is 4. The van der Waals surface area contributed by atoms with E-state index in [0.717, 1.165) is 19.6 Å². The summed E-state index contributed by atoms with van der Waals surface area (Å²) in [5, 5.41) is 0. The second-order valence-corrected chi connectivity index (χ2v) is 7.91. The van der Waals surface area contributed by atoms with Crippen LogP contribution in [0.1, 0.15) is 17.3 Å². The van der Waals surface area contributed by atoms with E-state index in [4.69, 9.17) is 0 Å². The molecule has 1 saturated heterocycles. The average molecular weight is 373 g/mol. The molecule has 0 unspecified atom stereocenters. The van der Waals surface area contributed by atoms with Gasteiger partial charge in [-0.2, -0.15) is 0 Å². The van der Waals surface area contributed by atoms with Crippen molar-refractivity contribution in [1.82, 2.24) is 9.80 Å². The number of benzene rings is 2. The van der Waals surface area contributed by atoms with E-state index in [9.17, 15) is 13.2 Å². The van der Waals surface area contributed by atoms with Crippen LogP contribution >= 0.6 is 0 Å². The highest BCUT2D eigenvalue weighted by Gasteiger charge is 2.23. The van der Waals surface area contributed by atoms with E-state index in [2.05, 4.69) is 16.5 Å². The van der Waals surface area contributed by atoms with Crippen LogP contribution in [0, 0.1) is 0 Å². The molecule has 2 aromatic rings. The Labute approximate surface area is 154 Å². The number of amides is 1. The summed E-state index contributed by atoms with van der Waals surface area (Å²) in [5.74, 6) is -0.127. The van der Waals surface area contributed by atoms with Gasteiger partial charge in [0.25, 0.3) is 15.9 Å². The van der Waals surface area contributed by atoms with Gasteiger partial charge in [0.15, 0.2) is 0 Å². The van der Waals surface area contributed by atoms with E-state index in [1.807, 2.05) is 6.07 Å². The van der Waals surface area contributed by atoms with Crippen molar-refractivity contribution in [2.45, 2.75) is 11.8 Å². The maximum atomic E-state index is 12.7. The summed E-state index contributed by atoms with van der Waals surface area (Å²) in [7, 11) is -3.74. The van der Waals surface area contributed by atoms with Crippen molar-refractivity contribution in [3.05, 3.63) is 60.2 Å². The number of nitrogens with zero attached hydrogens (tertiary/aromatic N) is 2. The van der Waals surface area contributed by atoms with Gasteiger partial charge < -0.3 is 9.80 Å². The van der Waals surface area contributed by atoms with E-state index in [-0.39, 0.29) is 10.8 Å². The molecule has 3 rings (SSSR count). The van der Waals surface area contributed by atoms with Crippen molar-refractivity contribution in [3.63, 3.8) is 0 Å². The maximum Gasteiger partial charge on any atom is 0.261 e. The van der Waals surface area contributed by atoms with E-state index in [1.165, 1.54) is 12.1 Å². The molecule has 1 fully saturated rings. The van der Waals surface area contributed by atoms with Crippen LogP contribution in [0.25, 0.3) is 0 Å². The highest BCUT2D eigenvalue weighted by Crippen LogP contribution is 2.18. The molecule has 2 aromatic carbocycles. The molecule has 6 nitrogen and oxygen atoms in total. The lowest BCUT2D eigenvalue weighted by Gasteiger charge is -2.34. The molecule has 0 atom stereocenters. The summed E-state index contributed by atoms with van der Waals surface area (Å²) < 4.78 is 27.7. The van der Waals surface area contributed by atoms with Gasteiger partial charge in [0.05, 0.1) is 4.90 Å². The monoisotopic (exact) mass is 373 g/mol. The minimum atomic E-state index is -3.74. The molecule has 1 heterocycles. The smallest absolute Gasteiger partial charge is 0.261 e. The molecule has 0 aliphatic carbocycles. The van der Waals surface area contributed by atoms with Crippen LogP contribution in [0.4, 0.5) is 5.69 Å². The molecule has 1 amide bonds. The van der Waals surface area contributed by atoms with Crippen molar-refractivity contribution in [2.24, 2.45) is 0 Å². The Morgan fingerprint density at radius 3 is 2.35 bits per heavy atom. The Hall–Kier alpha value is -2.38. The van der Waals surface area contributed by atoms with Gasteiger partial charge in [-0.05, 0) is 36.9 Å². The van der Waals surface area contributed by atoms with E-state index in [0.29, 0.717) is 24.3 Å². The molecule has 0 saturated carbocycles. The molecule has 0 bridgehead atoms. The molecule has 7 heteroatoms. The third-order valence-corrected chi connectivity index (χ3v) is 5.90. The molecular weight excluding hydrogens is 350 g/mol. The second kappa shape index (κ2) is 7.88. The normalized spacial score (nSPS) is 15.7. The number of anilines is 1. The summed E-state index contributed by atoms with van der Waals surface area (Å²) in [6.45, 7) is 6.08. The van der Waals surface area contributed by atoms with Gasteiger partial charge in [0.2, 0.25) is 0 Å². The average Bonchev–Trinajstić information content (AvgIpc) is 2.68. The van der Waals surface area contributed by atoms with Gasteiger partial charge in [0.1, 0.15) is 0 Å². The summed E-state index contributed by atoms with van der Waals surface area (Å²) in [6.07, 6.45) is 0. The predicted molar refractivity (Wildman–Crippen MR) is 102 cm³/mol. The Morgan fingerprint density at radius 1 is 1.00 bits per heavy atom. The number of para-hydroxylation sites is 1. The Balaban J connectivity index is 1.76. The molecule has 1 aliphatic heterocycles. The number of carbonyl (C=O) groups is 1. The number of nitrogens with one attached hydrogen (secondary N) is 1. The van der Waals surface area contributed by atoms with Crippen LogP contribution in [0.2, 0.25) is 0 Å². The SMILES string of the molecule is CCN1CCN(C(=O)c2cccc(S(=O)(=O)Nc3ccccc3)c2)CC1. The van der Waals surface area contributed by atoms with Gasteiger partial charge >= 0.3 is 0 Å². The summed E-state index contributed by atoms with van der Waals surface area (Å²) in [6, 6.07) is 14.9. The molecular formula is C19H23N3O3S. The van der Waals surface area contributed by atoms with Crippen LogP contribution in [-0.4, -0.2) is 56.8 Å². The highest BCUT2D eigenvalue weighted by atomic mass is 32.2. The Morgan fingerprint density at radius 2 is 1.69 bits per heavy atom. The van der Waals surface area contributed by atoms with Gasteiger partial charge in [-0.3, -0.25) is 9.52 Å². The molecule has 138 valence electrons.